The van der Waals surface area contributed by atoms with Crippen molar-refractivity contribution in [1.29, 1.82) is 5.26 Å². The van der Waals surface area contributed by atoms with Crippen molar-refractivity contribution < 1.29 is 14.3 Å². The van der Waals surface area contributed by atoms with Crippen molar-refractivity contribution in [1.82, 2.24) is 0 Å². The average Bonchev–Trinajstić information content (AvgIpc) is 2.64. The molecule has 5 nitrogen and oxygen atoms in total. The summed E-state index contributed by atoms with van der Waals surface area (Å²) in [6.45, 7) is 0.115. The molecule has 0 fully saturated rings. The molecule has 0 bridgehead atoms. The van der Waals surface area contributed by atoms with Gasteiger partial charge >= 0.3 is 0 Å². The third-order valence-corrected chi connectivity index (χ3v) is 3.75. The fourth-order valence-corrected chi connectivity index (χ4v) is 2.49. The van der Waals surface area contributed by atoms with E-state index in [1.54, 1.807) is 36.4 Å². The van der Waals surface area contributed by atoms with Crippen LogP contribution in [0.5, 0.6) is 11.5 Å². The Bertz CT molecular complexity index is 923. The molecule has 1 amide bonds. The van der Waals surface area contributed by atoms with Crippen LogP contribution in [-0.4, -0.2) is 19.6 Å². The number of nitriles is 1. The van der Waals surface area contributed by atoms with Crippen LogP contribution >= 0.6 is 15.9 Å². The van der Waals surface area contributed by atoms with E-state index in [4.69, 9.17) is 15.9 Å². The predicted octanol–water partition coefficient (Wildman–Crippen LogP) is 4.02. The fraction of sp³-hybridized carbons (Fsp3) is 0.100. The normalized spacial score (nSPS) is 10.4. The molecule has 0 atom stereocenters. The van der Waals surface area contributed by atoms with Crippen molar-refractivity contribution in [2.24, 2.45) is 0 Å². The fourth-order valence-electron chi connectivity index (χ4n) is 2.09. The molecular formula is C20H15BrN2O3. The smallest absolute Gasteiger partial charge is 0.266 e. The summed E-state index contributed by atoms with van der Waals surface area (Å²) in [5.74, 6) is 2.82. The molecule has 0 aliphatic carbocycles. The van der Waals surface area contributed by atoms with Crippen LogP contribution in [0.2, 0.25) is 0 Å². The van der Waals surface area contributed by atoms with Gasteiger partial charge in [0.1, 0.15) is 18.2 Å². The molecule has 2 rings (SSSR count). The Balaban J connectivity index is 2.23. The van der Waals surface area contributed by atoms with Gasteiger partial charge in [0, 0.05) is 10.2 Å². The van der Waals surface area contributed by atoms with Crippen LogP contribution in [0.1, 0.15) is 5.56 Å². The predicted molar refractivity (Wildman–Crippen MR) is 104 cm³/mol. The maximum absolute atomic E-state index is 12.3. The molecule has 0 aliphatic rings. The standard InChI is InChI=1S/C20H15BrN2O3/c1-3-9-26-18-8-7-14(11-19(18)25-2)10-15(13-22)20(24)23-17-6-4-5-16(21)12-17/h1,4-8,10-12H,9H2,2H3,(H,23,24)/b15-10-. The minimum Gasteiger partial charge on any atom is -0.493 e. The van der Waals surface area contributed by atoms with Crippen LogP contribution in [0.3, 0.4) is 0 Å². The molecule has 130 valence electrons. The first-order chi connectivity index (χ1) is 12.6. The zero-order chi connectivity index (χ0) is 18.9. The minimum atomic E-state index is -0.503. The van der Waals surface area contributed by atoms with Crippen molar-refractivity contribution >= 4 is 33.6 Å². The molecule has 0 aliphatic heterocycles. The number of hydrogen-bond donors (Lipinski definition) is 1. The van der Waals surface area contributed by atoms with Crippen LogP contribution in [0.4, 0.5) is 5.69 Å². The van der Waals surface area contributed by atoms with Gasteiger partial charge in [-0.15, -0.1) is 6.42 Å². The summed E-state index contributed by atoms with van der Waals surface area (Å²) in [6, 6.07) is 14.1. The van der Waals surface area contributed by atoms with E-state index >= 15 is 0 Å². The molecule has 0 saturated carbocycles. The van der Waals surface area contributed by atoms with Crippen molar-refractivity contribution in [3.63, 3.8) is 0 Å². The second-order valence-corrected chi connectivity index (χ2v) is 5.95. The molecule has 0 heterocycles. The number of rotatable bonds is 6. The van der Waals surface area contributed by atoms with Gasteiger partial charge in [0.15, 0.2) is 11.5 Å². The quantitative estimate of drug-likeness (QED) is 0.443. The van der Waals surface area contributed by atoms with Gasteiger partial charge in [-0.05, 0) is 42.0 Å². The van der Waals surface area contributed by atoms with Crippen LogP contribution < -0.4 is 14.8 Å². The molecule has 0 spiro atoms. The second-order valence-electron chi connectivity index (χ2n) is 5.04. The Labute approximate surface area is 160 Å². The summed E-state index contributed by atoms with van der Waals surface area (Å²) in [4.78, 5) is 12.3. The molecular weight excluding hydrogens is 396 g/mol. The van der Waals surface area contributed by atoms with Gasteiger partial charge in [-0.3, -0.25) is 4.79 Å². The van der Waals surface area contributed by atoms with Gasteiger partial charge in [-0.2, -0.15) is 5.26 Å². The first kappa shape index (κ1) is 19.1. The number of halogens is 1. The number of amides is 1. The highest BCUT2D eigenvalue weighted by Crippen LogP contribution is 2.29. The van der Waals surface area contributed by atoms with Gasteiger partial charge in [-0.1, -0.05) is 34.0 Å². The van der Waals surface area contributed by atoms with E-state index in [-0.39, 0.29) is 12.2 Å². The van der Waals surface area contributed by atoms with Gasteiger partial charge in [0.25, 0.3) is 5.91 Å². The van der Waals surface area contributed by atoms with E-state index in [0.717, 1.165) is 4.47 Å². The molecule has 26 heavy (non-hydrogen) atoms. The Morgan fingerprint density at radius 1 is 1.31 bits per heavy atom. The molecule has 6 heteroatoms. The van der Waals surface area contributed by atoms with Crippen LogP contribution in [0.25, 0.3) is 6.08 Å². The maximum Gasteiger partial charge on any atom is 0.266 e. The largest absolute Gasteiger partial charge is 0.493 e. The topological polar surface area (TPSA) is 71.3 Å². The average molecular weight is 411 g/mol. The second kappa shape index (κ2) is 9.31. The van der Waals surface area contributed by atoms with E-state index in [2.05, 4.69) is 27.2 Å². The summed E-state index contributed by atoms with van der Waals surface area (Å²) < 4.78 is 11.5. The van der Waals surface area contributed by atoms with Crippen molar-refractivity contribution in [2.45, 2.75) is 0 Å². The molecule has 0 aromatic heterocycles. The Kier molecular flexibility index (Phi) is 6.84. The number of terminal acetylenes is 1. The Morgan fingerprint density at radius 2 is 2.12 bits per heavy atom. The van der Waals surface area contributed by atoms with Gasteiger partial charge in [-0.25, -0.2) is 0 Å². The number of nitrogens with zero attached hydrogens (tertiary/aromatic N) is 1. The SMILES string of the molecule is C#CCOc1ccc(/C=C(/C#N)C(=O)Nc2cccc(Br)c2)cc1OC. The molecule has 1 N–H and O–H groups in total. The molecule has 2 aromatic carbocycles. The van der Waals surface area contributed by atoms with E-state index < -0.39 is 5.91 Å². The third kappa shape index (κ3) is 5.14. The Morgan fingerprint density at radius 3 is 2.77 bits per heavy atom. The maximum atomic E-state index is 12.3. The van der Waals surface area contributed by atoms with Crippen LogP contribution in [0.15, 0.2) is 52.5 Å². The monoisotopic (exact) mass is 410 g/mol. The van der Waals surface area contributed by atoms with E-state index in [1.165, 1.54) is 13.2 Å². The number of methoxy groups -OCH3 is 1. The third-order valence-electron chi connectivity index (χ3n) is 3.26. The summed E-state index contributed by atoms with van der Waals surface area (Å²) in [5, 5.41) is 12.0. The molecule has 0 unspecified atom stereocenters. The van der Waals surface area contributed by atoms with Gasteiger partial charge in [0.2, 0.25) is 0 Å². The number of nitrogens with one attached hydrogen (secondary N) is 1. The van der Waals surface area contributed by atoms with Crippen LogP contribution in [0, 0.1) is 23.7 Å². The lowest BCUT2D eigenvalue weighted by molar-refractivity contribution is -0.112. The Hall–Kier alpha value is -3.22. The van der Waals surface area contributed by atoms with Crippen LogP contribution in [-0.2, 0) is 4.79 Å². The highest BCUT2D eigenvalue weighted by molar-refractivity contribution is 9.10. The number of hydrogen-bond acceptors (Lipinski definition) is 4. The van der Waals surface area contributed by atoms with Gasteiger partial charge in [0.05, 0.1) is 7.11 Å². The summed E-state index contributed by atoms with van der Waals surface area (Å²) >= 11 is 3.33. The van der Waals surface area contributed by atoms with Crippen molar-refractivity contribution in [3.05, 3.63) is 58.1 Å². The summed E-state index contributed by atoms with van der Waals surface area (Å²) in [7, 11) is 1.50. The lowest BCUT2D eigenvalue weighted by Crippen LogP contribution is -2.13. The molecule has 0 saturated heterocycles. The molecule has 0 radical (unpaired) electrons. The first-order valence-corrected chi connectivity index (χ1v) is 8.29. The highest BCUT2D eigenvalue weighted by Gasteiger charge is 2.11. The molecule has 2 aromatic rings. The lowest BCUT2D eigenvalue weighted by atomic mass is 10.1. The number of carbonyl (C=O) groups is 1. The lowest BCUT2D eigenvalue weighted by Gasteiger charge is -2.09. The summed E-state index contributed by atoms with van der Waals surface area (Å²) in [6.07, 6.45) is 6.65. The number of anilines is 1. The zero-order valence-corrected chi connectivity index (χ0v) is 15.5. The van der Waals surface area contributed by atoms with Crippen molar-refractivity contribution in [2.75, 3.05) is 19.0 Å². The summed E-state index contributed by atoms with van der Waals surface area (Å²) in [5.41, 5.74) is 1.17. The van der Waals surface area contributed by atoms with E-state index in [9.17, 15) is 10.1 Å². The number of ether oxygens (including phenoxy) is 2. The number of carbonyl (C=O) groups excluding carboxylic acids is 1. The van der Waals surface area contributed by atoms with Crippen molar-refractivity contribution in [3.8, 4) is 29.9 Å². The zero-order valence-electron chi connectivity index (χ0n) is 14.0. The van der Waals surface area contributed by atoms with Gasteiger partial charge < -0.3 is 14.8 Å². The van der Waals surface area contributed by atoms with E-state index in [1.807, 2.05) is 12.1 Å². The number of benzene rings is 2. The van der Waals surface area contributed by atoms with E-state index in [0.29, 0.717) is 22.7 Å². The minimum absolute atomic E-state index is 0.0377. The first-order valence-electron chi connectivity index (χ1n) is 7.50. The highest BCUT2D eigenvalue weighted by atomic mass is 79.9.